The van der Waals surface area contributed by atoms with Gasteiger partial charge in [0.2, 0.25) is 11.8 Å². The lowest BCUT2D eigenvalue weighted by molar-refractivity contribution is -0.124. The second-order valence-electron chi connectivity index (χ2n) is 6.18. The number of fused-ring (bicyclic) bond motifs is 1. The number of hydrogen-bond donors (Lipinski definition) is 2. The van der Waals surface area contributed by atoms with E-state index < -0.39 is 0 Å². The van der Waals surface area contributed by atoms with Gasteiger partial charge in [-0.05, 0) is 37.8 Å². The maximum absolute atomic E-state index is 12.4. The van der Waals surface area contributed by atoms with E-state index >= 15 is 0 Å². The van der Waals surface area contributed by atoms with Crippen LogP contribution in [0.5, 0.6) is 0 Å². The van der Waals surface area contributed by atoms with Crippen molar-refractivity contribution in [1.29, 1.82) is 0 Å². The summed E-state index contributed by atoms with van der Waals surface area (Å²) in [5.74, 6) is 0.664. The summed E-state index contributed by atoms with van der Waals surface area (Å²) in [5, 5.41) is 3.04. The van der Waals surface area contributed by atoms with Crippen molar-refractivity contribution in [3.8, 4) is 0 Å². The van der Waals surface area contributed by atoms with Gasteiger partial charge in [-0.1, -0.05) is 12.1 Å². The molecule has 1 aromatic rings. The first-order valence-corrected chi connectivity index (χ1v) is 8.55. The minimum absolute atomic E-state index is 0. The van der Waals surface area contributed by atoms with E-state index in [-0.39, 0.29) is 36.3 Å². The van der Waals surface area contributed by atoms with Crippen LogP contribution in [0.15, 0.2) is 29.2 Å². The maximum atomic E-state index is 12.4. The Balaban J connectivity index is 0.00000192. The Morgan fingerprint density at radius 2 is 2.13 bits per heavy atom. The summed E-state index contributed by atoms with van der Waals surface area (Å²) in [6.07, 6.45) is 2.21. The molecule has 5 nitrogen and oxygen atoms in total. The normalized spacial score (nSPS) is 19.4. The van der Waals surface area contributed by atoms with Crippen molar-refractivity contribution in [2.75, 3.05) is 23.7 Å². The molecule has 3 rings (SSSR count). The third-order valence-electron chi connectivity index (χ3n) is 4.44. The van der Waals surface area contributed by atoms with Gasteiger partial charge in [-0.15, -0.1) is 24.2 Å². The number of nitrogens with two attached hydrogens (primary N) is 1. The predicted molar refractivity (Wildman–Crippen MR) is 95.1 cm³/mol. The molecule has 23 heavy (non-hydrogen) atoms. The number of amides is 2. The lowest BCUT2D eigenvalue weighted by Crippen LogP contribution is -2.56. The van der Waals surface area contributed by atoms with Crippen LogP contribution in [0.3, 0.4) is 0 Å². The summed E-state index contributed by atoms with van der Waals surface area (Å²) in [4.78, 5) is 27.2. The Morgan fingerprint density at radius 1 is 1.43 bits per heavy atom. The van der Waals surface area contributed by atoms with Crippen LogP contribution in [0.4, 0.5) is 5.69 Å². The summed E-state index contributed by atoms with van der Waals surface area (Å²) >= 11 is 1.52. The molecule has 126 valence electrons. The molecule has 1 aromatic carbocycles. The van der Waals surface area contributed by atoms with E-state index in [0.29, 0.717) is 18.2 Å². The van der Waals surface area contributed by atoms with E-state index in [4.69, 9.17) is 5.73 Å². The van der Waals surface area contributed by atoms with Crippen molar-refractivity contribution in [3.63, 3.8) is 0 Å². The molecule has 7 heteroatoms. The first-order chi connectivity index (χ1) is 10.5. The smallest absolute Gasteiger partial charge is 0.240 e. The van der Waals surface area contributed by atoms with Crippen LogP contribution in [0.1, 0.15) is 19.8 Å². The molecule has 0 saturated heterocycles. The van der Waals surface area contributed by atoms with E-state index in [0.717, 1.165) is 23.4 Å². The van der Waals surface area contributed by atoms with Gasteiger partial charge < -0.3 is 16.0 Å². The Hall–Kier alpha value is -1.24. The molecular weight excluding hydrogens is 334 g/mol. The molecule has 1 aliphatic carbocycles. The van der Waals surface area contributed by atoms with Gasteiger partial charge in [-0.25, -0.2) is 0 Å². The molecule has 2 amide bonds. The van der Waals surface area contributed by atoms with Gasteiger partial charge in [0, 0.05) is 11.4 Å². The van der Waals surface area contributed by atoms with Gasteiger partial charge in [0.1, 0.15) is 6.54 Å². The zero-order valence-corrected chi connectivity index (χ0v) is 14.7. The van der Waals surface area contributed by atoms with Crippen molar-refractivity contribution in [1.82, 2.24) is 5.32 Å². The minimum Gasteiger partial charge on any atom is -0.348 e. The fourth-order valence-corrected chi connectivity index (χ4v) is 3.80. The number of nitrogens with zero attached hydrogens (tertiary/aromatic N) is 1. The summed E-state index contributed by atoms with van der Waals surface area (Å²) in [5.41, 5.74) is 6.30. The average Bonchev–Trinajstić information content (AvgIpc) is 3.35. The lowest BCUT2D eigenvalue weighted by Gasteiger charge is -2.32. The molecular formula is C16H22ClN3O2S. The average molecular weight is 356 g/mol. The molecule has 0 bridgehead atoms. The number of nitrogens with one attached hydrogen (secondary N) is 1. The van der Waals surface area contributed by atoms with E-state index in [9.17, 15) is 9.59 Å². The van der Waals surface area contributed by atoms with Crippen LogP contribution in [-0.2, 0) is 9.59 Å². The lowest BCUT2D eigenvalue weighted by atomic mass is 9.96. The third kappa shape index (κ3) is 3.82. The first-order valence-electron chi connectivity index (χ1n) is 7.57. The van der Waals surface area contributed by atoms with Crippen LogP contribution in [0, 0.1) is 5.92 Å². The van der Waals surface area contributed by atoms with Gasteiger partial charge in [-0.3, -0.25) is 9.59 Å². The summed E-state index contributed by atoms with van der Waals surface area (Å²) in [7, 11) is 0. The fraction of sp³-hybridized carbons (Fsp3) is 0.500. The molecule has 0 spiro atoms. The van der Waals surface area contributed by atoms with E-state index in [1.54, 1.807) is 4.90 Å². The van der Waals surface area contributed by atoms with Gasteiger partial charge in [0.25, 0.3) is 0 Å². The van der Waals surface area contributed by atoms with Crippen LogP contribution in [-0.4, -0.2) is 36.2 Å². The molecule has 3 N–H and O–H groups in total. The Labute approximate surface area is 146 Å². The van der Waals surface area contributed by atoms with Crippen molar-refractivity contribution in [2.24, 2.45) is 11.7 Å². The highest BCUT2D eigenvalue weighted by Gasteiger charge is 2.42. The van der Waals surface area contributed by atoms with Gasteiger partial charge in [0.05, 0.1) is 17.0 Å². The Bertz CT molecular complexity index is 609. The quantitative estimate of drug-likeness (QED) is 0.844. The number of thioether (sulfide) groups is 1. The number of halogens is 1. The molecule has 1 saturated carbocycles. The second-order valence-corrected chi connectivity index (χ2v) is 7.20. The zero-order valence-electron chi connectivity index (χ0n) is 13.1. The SMILES string of the molecule is CC(CN)(NC(=O)CN1C(=O)CSc2ccccc21)C1CC1.Cl. The molecule has 1 atom stereocenters. The molecule has 1 unspecified atom stereocenters. The van der Waals surface area contributed by atoms with E-state index in [1.165, 1.54) is 11.8 Å². The van der Waals surface area contributed by atoms with Gasteiger partial charge in [0.15, 0.2) is 0 Å². The number of anilines is 1. The standard InChI is InChI=1S/C16H21N3O2S.ClH/c1-16(10-17,11-6-7-11)18-14(20)8-19-12-4-2-3-5-13(12)22-9-15(19)21;/h2-5,11H,6-10,17H2,1H3,(H,18,20);1H. The van der Waals surface area contributed by atoms with Crippen LogP contribution < -0.4 is 16.0 Å². The number of rotatable bonds is 5. The molecule has 0 aromatic heterocycles. The van der Waals surface area contributed by atoms with Crippen LogP contribution in [0.2, 0.25) is 0 Å². The highest BCUT2D eigenvalue weighted by atomic mass is 35.5. The second kappa shape index (κ2) is 7.11. The predicted octanol–water partition coefficient (Wildman–Crippen LogP) is 1.79. The van der Waals surface area contributed by atoms with Gasteiger partial charge >= 0.3 is 0 Å². The summed E-state index contributed by atoms with van der Waals surface area (Å²) in [6, 6.07) is 7.69. The Kier molecular flexibility index (Phi) is 5.60. The summed E-state index contributed by atoms with van der Waals surface area (Å²) in [6.45, 7) is 2.47. The van der Waals surface area contributed by atoms with Crippen molar-refractivity contribution in [3.05, 3.63) is 24.3 Å². The number of carbonyl (C=O) groups is 2. The monoisotopic (exact) mass is 355 g/mol. The van der Waals surface area contributed by atoms with Crippen molar-refractivity contribution < 1.29 is 9.59 Å². The molecule has 1 heterocycles. The van der Waals surface area contributed by atoms with E-state index in [1.807, 2.05) is 31.2 Å². The van der Waals surface area contributed by atoms with Crippen LogP contribution >= 0.6 is 24.2 Å². The number of hydrogen-bond acceptors (Lipinski definition) is 4. The fourth-order valence-electron chi connectivity index (χ4n) is 2.87. The molecule has 0 radical (unpaired) electrons. The topological polar surface area (TPSA) is 75.4 Å². The van der Waals surface area contributed by atoms with Crippen molar-refractivity contribution in [2.45, 2.75) is 30.2 Å². The minimum atomic E-state index is -0.357. The van der Waals surface area contributed by atoms with Crippen LogP contribution in [0.25, 0.3) is 0 Å². The summed E-state index contributed by atoms with van der Waals surface area (Å²) < 4.78 is 0. The maximum Gasteiger partial charge on any atom is 0.240 e. The largest absolute Gasteiger partial charge is 0.348 e. The first kappa shape index (κ1) is 18.1. The molecule has 1 aliphatic heterocycles. The third-order valence-corrected chi connectivity index (χ3v) is 5.48. The number of para-hydroxylation sites is 1. The van der Waals surface area contributed by atoms with Crippen molar-refractivity contribution >= 4 is 41.7 Å². The number of benzene rings is 1. The molecule has 2 aliphatic rings. The van der Waals surface area contributed by atoms with E-state index in [2.05, 4.69) is 5.32 Å². The number of carbonyl (C=O) groups excluding carboxylic acids is 2. The zero-order chi connectivity index (χ0) is 15.7. The highest BCUT2D eigenvalue weighted by molar-refractivity contribution is 8.00. The molecule has 1 fully saturated rings. The highest BCUT2D eigenvalue weighted by Crippen LogP contribution is 2.39. The Morgan fingerprint density at radius 3 is 2.78 bits per heavy atom. The van der Waals surface area contributed by atoms with Gasteiger partial charge in [-0.2, -0.15) is 0 Å².